The molecule has 0 bridgehead atoms. The summed E-state index contributed by atoms with van der Waals surface area (Å²) in [6.07, 6.45) is 6.50. The molecule has 4 rings (SSSR count). The van der Waals surface area contributed by atoms with Gasteiger partial charge in [0.15, 0.2) is 0 Å². The van der Waals surface area contributed by atoms with Crippen LogP contribution in [0, 0.1) is 0 Å². The third-order valence-corrected chi connectivity index (χ3v) is 4.58. The number of rotatable bonds is 3. The standard InChI is InChI=1S/C17H12ClN3S/c18-15-2-1-11(8-20-15)7-13-9-21-17-16(13)14(3-5-19-17)12-4-6-22-10-12/h1-6,8-10H,7H2,(H,19,21). The fraction of sp³-hybridized carbons (Fsp3) is 0.0588. The van der Waals surface area contributed by atoms with Crippen molar-refractivity contribution >= 4 is 34.0 Å². The second-order valence-electron chi connectivity index (χ2n) is 5.07. The summed E-state index contributed by atoms with van der Waals surface area (Å²) >= 11 is 7.56. The summed E-state index contributed by atoms with van der Waals surface area (Å²) in [5, 5.41) is 5.95. The van der Waals surface area contributed by atoms with Gasteiger partial charge in [0.2, 0.25) is 0 Å². The zero-order valence-corrected chi connectivity index (χ0v) is 13.2. The molecule has 1 N–H and O–H groups in total. The summed E-state index contributed by atoms with van der Waals surface area (Å²) in [4.78, 5) is 11.9. The third-order valence-electron chi connectivity index (χ3n) is 3.67. The van der Waals surface area contributed by atoms with Crippen molar-refractivity contribution in [2.45, 2.75) is 6.42 Å². The number of hydrogen-bond acceptors (Lipinski definition) is 3. The first-order valence-corrected chi connectivity index (χ1v) is 8.21. The van der Waals surface area contributed by atoms with Gasteiger partial charge in [-0.05, 0) is 51.2 Å². The van der Waals surface area contributed by atoms with E-state index >= 15 is 0 Å². The van der Waals surface area contributed by atoms with E-state index in [0.29, 0.717) is 5.15 Å². The maximum absolute atomic E-state index is 5.86. The van der Waals surface area contributed by atoms with Gasteiger partial charge in [0.25, 0.3) is 0 Å². The first-order valence-electron chi connectivity index (χ1n) is 6.89. The van der Waals surface area contributed by atoms with Crippen molar-refractivity contribution in [1.29, 1.82) is 0 Å². The molecule has 4 heterocycles. The zero-order chi connectivity index (χ0) is 14.9. The molecule has 0 saturated carbocycles. The molecule has 0 amide bonds. The van der Waals surface area contributed by atoms with Gasteiger partial charge < -0.3 is 4.98 Å². The second-order valence-corrected chi connectivity index (χ2v) is 6.24. The minimum absolute atomic E-state index is 0.517. The molecule has 4 aromatic heterocycles. The number of fused-ring (bicyclic) bond motifs is 1. The van der Waals surface area contributed by atoms with Crippen LogP contribution in [0.1, 0.15) is 11.1 Å². The number of aromatic amines is 1. The van der Waals surface area contributed by atoms with Crippen molar-refractivity contribution in [1.82, 2.24) is 15.0 Å². The van der Waals surface area contributed by atoms with Gasteiger partial charge >= 0.3 is 0 Å². The first kappa shape index (κ1) is 13.5. The van der Waals surface area contributed by atoms with E-state index in [0.717, 1.165) is 17.6 Å². The Morgan fingerprint density at radius 3 is 2.86 bits per heavy atom. The molecule has 0 saturated heterocycles. The number of hydrogen-bond donors (Lipinski definition) is 1. The predicted molar refractivity (Wildman–Crippen MR) is 91.5 cm³/mol. The largest absolute Gasteiger partial charge is 0.346 e. The topological polar surface area (TPSA) is 41.6 Å². The maximum atomic E-state index is 5.86. The lowest BCUT2D eigenvalue weighted by Crippen LogP contribution is -1.90. The van der Waals surface area contributed by atoms with Gasteiger partial charge in [-0.2, -0.15) is 11.3 Å². The number of aromatic nitrogens is 3. The number of pyridine rings is 2. The minimum atomic E-state index is 0.517. The molecule has 0 aliphatic rings. The van der Waals surface area contributed by atoms with Gasteiger partial charge in [0.1, 0.15) is 10.8 Å². The Bertz CT molecular complexity index is 911. The first-order chi connectivity index (χ1) is 10.8. The lowest BCUT2D eigenvalue weighted by atomic mass is 10.0. The highest BCUT2D eigenvalue weighted by atomic mass is 35.5. The van der Waals surface area contributed by atoms with E-state index in [1.807, 2.05) is 30.7 Å². The highest BCUT2D eigenvalue weighted by molar-refractivity contribution is 7.08. The van der Waals surface area contributed by atoms with Crippen LogP contribution in [-0.2, 0) is 6.42 Å². The molecule has 0 aromatic carbocycles. The molecule has 0 aliphatic carbocycles. The molecular formula is C17H12ClN3S. The Kier molecular flexibility index (Phi) is 3.41. The van der Waals surface area contributed by atoms with Crippen LogP contribution in [0.5, 0.6) is 0 Å². The molecule has 108 valence electrons. The van der Waals surface area contributed by atoms with Gasteiger partial charge in [-0.25, -0.2) is 9.97 Å². The molecular weight excluding hydrogens is 314 g/mol. The lowest BCUT2D eigenvalue weighted by Gasteiger charge is -2.05. The number of thiophene rings is 1. The molecule has 22 heavy (non-hydrogen) atoms. The van der Waals surface area contributed by atoms with E-state index in [1.54, 1.807) is 11.3 Å². The Balaban J connectivity index is 1.83. The van der Waals surface area contributed by atoms with E-state index in [1.165, 1.54) is 22.1 Å². The predicted octanol–water partition coefficient (Wildman–Crippen LogP) is 4.93. The summed E-state index contributed by atoms with van der Waals surface area (Å²) in [5.41, 5.74) is 5.70. The molecule has 0 unspecified atom stereocenters. The molecule has 0 atom stereocenters. The summed E-state index contributed by atoms with van der Waals surface area (Å²) < 4.78 is 0. The molecule has 3 nitrogen and oxygen atoms in total. The van der Waals surface area contributed by atoms with Crippen LogP contribution in [0.25, 0.3) is 22.2 Å². The van der Waals surface area contributed by atoms with Crippen molar-refractivity contribution < 1.29 is 0 Å². The van der Waals surface area contributed by atoms with Crippen LogP contribution in [0.3, 0.4) is 0 Å². The minimum Gasteiger partial charge on any atom is -0.346 e. The van der Waals surface area contributed by atoms with Gasteiger partial charge in [0.05, 0.1) is 0 Å². The number of nitrogens with zero attached hydrogens (tertiary/aromatic N) is 2. The molecule has 4 aromatic rings. The third kappa shape index (κ3) is 2.40. The molecule has 0 radical (unpaired) electrons. The van der Waals surface area contributed by atoms with E-state index in [9.17, 15) is 0 Å². The van der Waals surface area contributed by atoms with Crippen molar-refractivity contribution in [3.05, 3.63) is 69.9 Å². The van der Waals surface area contributed by atoms with Gasteiger partial charge in [-0.15, -0.1) is 0 Å². The molecule has 0 aliphatic heterocycles. The summed E-state index contributed by atoms with van der Waals surface area (Å²) in [5.74, 6) is 0. The van der Waals surface area contributed by atoms with Crippen LogP contribution >= 0.6 is 22.9 Å². The average molecular weight is 326 g/mol. The smallest absolute Gasteiger partial charge is 0.138 e. The Morgan fingerprint density at radius 2 is 2.09 bits per heavy atom. The number of halogens is 1. The van der Waals surface area contributed by atoms with Gasteiger partial charge in [0, 0.05) is 30.4 Å². The fourth-order valence-electron chi connectivity index (χ4n) is 2.65. The van der Waals surface area contributed by atoms with Crippen molar-refractivity contribution in [2.24, 2.45) is 0 Å². The van der Waals surface area contributed by atoms with Crippen LogP contribution in [0.4, 0.5) is 0 Å². The van der Waals surface area contributed by atoms with E-state index in [-0.39, 0.29) is 0 Å². The summed E-state index contributed by atoms with van der Waals surface area (Å²) in [6.45, 7) is 0. The Labute approximate surface area is 136 Å². The Morgan fingerprint density at radius 1 is 1.14 bits per heavy atom. The van der Waals surface area contributed by atoms with Crippen LogP contribution in [0.15, 0.2) is 53.6 Å². The second kappa shape index (κ2) is 5.55. The van der Waals surface area contributed by atoms with Crippen LogP contribution in [-0.4, -0.2) is 15.0 Å². The highest BCUT2D eigenvalue weighted by Gasteiger charge is 2.12. The number of nitrogens with one attached hydrogen (secondary N) is 1. The number of H-pyrrole nitrogens is 1. The van der Waals surface area contributed by atoms with E-state index in [4.69, 9.17) is 11.6 Å². The molecule has 0 spiro atoms. The molecule has 0 fully saturated rings. The van der Waals surface area contributed by atoms with Crippen molar-refractivity contribution in [3.8, 4) is 11.1 Å². The monoisotopic (exact) mass is 325 g/mol. The van der Waals surface area contributed by atoms with Crippen LogP contribution in [0.2, 0.25) is 5.15 Å². The van der Waals surface area contributed by atoms with Gasteiger partial charge in [-0.1, -0.05) is 17.7 Å². The highest BCUT2D eigenvalue weighted by Crippen LogP contribution is 2.32. The van der Waals surface area contributed by atoms with E-state index in [2.05, 4.69) is 37.8 Å². The van der Waals surface area contributed by atoms with Crippen molar-refractivity contribution in [2.75, 3.05) is 0 Å². The van der Waals surface area contributed by atoms with Gasteiger partial charge in [-0.3, -0.25) is 0 Å². The average Bonchev–Trinajstić information content (AvgIpc) is 3.20. The fourth-order valence-corrected chi connectivity index (χ4v) is 3.42. The zero-order valence-electron chi connectivity index (χ0n) is 11.6. The normalized spacial score (nSPS) is 11.1. The SMILES string of the molecule is Clc1ccc(Cc2c[nH]c3nccc(-c4ccsc4)c23)cn1. The van der Waals surface area contributed by atoms with Crippen LogP contribution < -0.4 is 0 Å². The maximum Gasteiger partial charge on any atom is 0.138 e. The summed E-state index contributed by atoms with van der Waals surface area (Å²) in [6, 6.07) is 8.04. The quantitative estimate of drug-likeness (QED) is 0.542. The molecule has 5 heteroatoms. The Hall–Kier alpha value is -2.17. The van der Waals surface area contributed by atoms with Crippen molar-refractivity contribution in [3.63, 3.8) is 0 Å². The van der Waals surface area contributed by atoms with E-state index < -0.39 is 0 Å². The summed E-state index contributed by atoms with van der Waals surface area (Å²) in [7, 11) is 0. The lowest BCUT2D eigenvalue weighted by molar-refractivity contribution is 1.15.